The predicted molar refractivity (Wildman–Crippen MR) is 99.2 cm³/mol. The van der Waals surface area contributed by atoms with E-state index in [4.69, 9.17) is 10.7 Å². The summed E-state index contributed by atoms with van der Waals surface area (Å²) in [5.41, 5.74) is 4.52. The van der Waals surface area contributed by atoms with Crippen LogP contribution in [0.3, 0.4) is 0 Å². The lowest BCUT2D eigenvalue weighted by Gasteiger charge is -2.04. The zero-order valence-electron chi connectivity index (χ0n) is 11.6. The molecule has 106 valence electrons. The molecule has 3 nitrogen and oxygen atoms in total. The third-order valence-corrected chi connectivity index (χ3v) is 4.49. The van der Waals surface area contributed by atoms with E-state index in [1.165, 1.54) is 0 Å². The molecule has 2 aromatic carbocycles. The van der Waals surface area contributed by atoms with E-state index in [0.29, 0.717) is 5.57 Å². The molecule has 0 spiro atoms. The minimum absolute atomic E-state index is 0.338. The molecule has 0 aliphatic heterocycles. The van der Waals surface area contributed by atoms with Crippen LogP contribution in [0.2, 0.25) is 0 Å². The molecule has 1 aromatic heterocycles. The fourth-order valence-corrected chi connectivity index (χ4v) is 3.46. The fraction of sp³-hybridized carbons (Fsp3) is 0. The van der Waals surface area contributed by atoms with Gasteiger partial charge in [0.1, 0.15) is 6.07 Å². The van der Waals surface area contributed by atoms with E-state index in [0.717, 1.165) is 33.9 Å². The average molecular weight is 397 g/mol. The first-order chi connectivity index (χ1) is 10.8. The third kappa shape index (κ3) is 2.44. The molecule has 0 bridgehead atoms. The summed E-state index contributed by atoms with van der Waals surface area (Å²) in [7, 11) is 0. The average Bonchev–Trinajstić information content (AvgIpc) is 2.86. The van der Waals surface area contributed by atoms with Crippen LogP contribution in [0.1, 0.15) is 5.56 Å². The number of allylic oxidation sites excluding steroid dienone is 1. The van der Waals surface area contributed by atoms with Gasteiger partial charge in [0.2, 0.25) is 0 Å². The Hall–Kier alpha value is -2.39. The SMILES string of the molecule is N#C/C(C=N)=C\c1c(-c2ccccc2)n(I)c2ccccc12. The van der Waals surface area contributed by atoms with Crippen molar-refractivity contribution in [2.75, 3.05) is 0 Å². The molecule has 3 rings (SSSR count). The first-order valence-corrected chi connectivity index (χ1v) is 7.70. The second-order valence-corrected chi connectivity index (χ2v) is 5.75. The third-order valence-electron chi connectivity index (χ3n) is 3.49. The Morgan fingerprint density at radius 1 is 1.09 bits per heavy atom. The number of nitrogens with one attached hydrogen (secondary N) is 1. The van der Waals surface area contributed by atoms with Crippen LogP contribution in [-0.2, 0) is 0 Å². The summed E-state index contributed by atoms with van der Waals surface area (Å²) in [4.78, 5) is 0. The van der Waals surface area contributed by atoms with Crippen molar-refractivity contribution in [2.45, 2.75) is 0 Å². The molecule has 0 unspecified atom stereocenters. The summed E-state index contributed by atoms with van der Waals surface area (Å²) in [5, 5.41) is 17.6. The summed E-state index contributed by atoms with van der Waals surface area (Å²) in [6, 6.07) is 20.2. The van der Waals surface area contributed by atoms with Gasteiger partial charge in [0.15, 0.2) is 0 Å². The van der Waals surface area contributed by atoms with Gasteiger partial charge in [0.25, 0.3) is 0 Å². The highest BCUT2D eigenvalue weighted by atomic mass is 127. The molecule has 22 heavy (non-hydrogen) atoms. The Morgan fingerprint density at radius 3 is 2.45 bits per heavy atom. The molecule has 0 atom stereocenters. The maximum Gasteiger partial charge on any atom is 0.101 e. The van der Waals surface area contributed by atoms with Crippen molar-refractivity contribution in [3.63, 3.8) is 0 Å². The number of hydrogen-bond donors (Lipinski definition) is 1. The maximum absolute atomic E-state index is 9.15. The molecular formula is C18H12IN3. The van der Waals surface area contributed by atoms with Gasteiger partial charge in [-0.05, 0) is 17.7 Å². The number of aromatic nitrogens is 1. The van der Waals surface area contributed by atoms with E-state index < -0.39 is 0 Å². The van der Waals surface area contributed by atoms with E-state index in [2.05, 4.69) is 49.9 Å². The zero-order chi connectivity index (χ0) is 15.5. The Labute approximate surface area is 142 Å². The van der Waals surface area contributed by atoms with Gasteiger partial charge in [-0.3, -0.25) is 2.78 Å². The van der Waals surface area contributed by atoms with Crippen molar-refractivity contribution in [1.29, 1.82) is 10.7 Å². The van der Waals surface area contributed by atoms with E-state index in [-0.39, 0.29) is 0 Å². The minimum Gasteiger partial charge on any atom is -0.307 e. The highest BCUT2D eigenvalue weighted by Gasteiger charge is 2.16. The number of nitrogens with zero attached hydrogens (tertiary/aromatic N) is 2. The largest absolute Gasteiger partial charge is 0.307 e. The van der Waals surface area contributed by atoms with Gasteiger partial charge in [-0.25, -0.2) is 0 Å². The van der Waals surface area contributed by atoms with Crippen molar-refractivity contribution in [2.24, 2.45) is 0 Å². The van der Waals surface area contributed by atoms with Gasteiger partial charge in [-0.15, -0.1) is 0 Å². The highest BCUT2D eigenvalue weighted by molar-refractivity contribution is 14.1. The molecule has 4 heteroatoms. The molecule has 1 N–H and O–H groups in total. The van der Waals surface area contributed by atoms with E-state index in [9.17, 15) is 0 Å². The molecule has 0 aliphatic rings. The predicted octanol–water partition coefficient (Wildman–Crippen LogP) is 5.06. The highest BCUT2D eigenvalue weighted by Crippen LogP contribution is 2.36. The van der Waals surface area contributed by atoms with Crippen LogP contribution in [-0.4, -0.2) is 9.00 Å². The first-order valence-electron chi connectivity index (χ1n) is 6.73. The minimum atomic E-state index is 0.338. The van der Waals surface area contributed by atoms with Crippen LogP contribution >= 0.6 is 22.9 Å². The molecule has 0 saturated carbocycles. The summed E-state index contributed by atoms with van der Waals surface area (Å²) in [5.74, 6) is 0. The van der Waals surface area contributed by atoms with Crippen molar-refractivity contribution in [3.8, 4) is 17.3 Å². The second kappa shape index (κ2) is 6.16. The van der Waals surface area contributed by atoms with E-state index in [1.54, 1.807) is 6.08 Å². The molecule has 0 amide bonds. The summed E-state index contributed by atoms with van der Waals surface area (Å²) >= 11 is 2.28. The molecule has 3 aromatic rings. The van der Waals surface area contributed by atoms with Crippen molar-refractivity contribution in [1.82, 2.24) is 2.78 Å². The van der Waals surface area contributed by atoms with Gasteiger partial charge in [0.05, 0.1) is 39.6 Å². The summed E-state index contributed by atoms with van der Waals surface area (Å²) in [6.45, 7) is 0. The van der Waals surface area contributed by atoms with Crippen LogP contribution in [0, 0.1) is 16.7 Å². The van der Waals surface area contributed by atoms with Crippen LogP contribution in [0.15, 0.2) is 60.2 Å². The number of hydrogen-bond acceptors (Lipinski definition) is 2. The van der Waals surface area contributed by atoms with Crippen LogP contribution in [0.25, 0.3) is 28.2 Å². The number of nitriles is 1. The van der Waals surface area contributed by atoms with Crippen molar-refractivity contribution < 1.29 is 0 Å². The lowest BCUT2D eigenvalue weighted by molar-refractivity contribution is 1.40. The van der Waals surface area contributed by atoms with Crippen molar-refractivity contribution >= 4 is 46.1 Å². The molecule has 0 radical (unpaired) electrons. The topological polar surface area (TPSA) is 52.6 Å². The van der Waals surface area contributed by atoms with Crippen LogP contribution in [0.5, 0.6) is 0 Å². The normalized spacial score (nSPS) is 11.4. The molecular weight excluding hydrogens is 385 g/mol. The Balaban J connectivity index is 2.41. The van der Waals surface area contributed by atoms with E-state index in [1.807, 2.05) is 36.4 Å². The number of fused-ring (bicyclic) bond motifs is 1. The number of para-hydroxylation sites is 1. The quantitative estimate of drug-likeness (QED) is 0.375. The molecule has 0 aliphatic carbocycles. The fourth-order valence-electron chi connectivity index (χ4n) is 2.50. The lowest BCUT2D eigenvalue weighted by atomic mass is 10.0. The molecule has 0 fully saturated rings. The number of halogens is 1. The van der Waals surface area contributed by atoms with Gasteiger partial charge in [-0.2, -0.15) is 5.26 Å². The monoisotopic (exact) mass is 397 g/mol. The molecule has 1 heterocycles. The lowest BCUT2D eigenvalue weighted by Crippen LogP contribution is -1.87. The summed E-state index contributed by atoms with van der Waals surface area (Å²) < 4.78 is 2.10. The number of rotatable bonds is 3. The zero-order valence-corrected chi connectivity index (χ0v) is 13.8. The van der Waals surface area contributed by atoms with Gasteiger partial charge < -0.3 is 5.41 Å². The molecule has 0 saturated heterocycles. The second-order valence-electron chi connectivity index (χ2n) is 4.78. The Morgan fingerprint density at radius 2 is 1.77 bits per heavy atom. The van der Waals surface area contributed by atoms with Gasteiger partial charge in [0, 0.05) is 17.2 Å². The number of benzene rings is 2. The van der Waals surface area contributed by atoms with Gasteiger partial charge in [-0.1, -0.05) is 48.5 Å². The summed E-state index contributed by atoms with van der Waals surface area (Å²) in [6.07, 6.45) is 2.88. The first kappa shape index (κ1) is 14.5. The van der Waals surface area contributed by atoms with Crippen LogP contribution in [0.4, 0.5) is 0 Å². The Kier molecular flexibility index (Phi) is 4.07. The van der Waals surface area contributed by atoms with Crippen molar-refractivity contribution in [3.05, 3.63) is 65.7 Å². The van der Waals surface area contributed by atoms with E-state index >= 15 is 0 Å². The standard InChI is InChI=1S/C18H12IN3/c19-22-17-9-5-4-8-15(17)16(10-13(11-20)12-21)18(22)14-6-2-1-3-7-14/h1-11,20H/b13-10-,20-11?. The van der Waals surface area contributed by atoms with Gasteiger partial charge >= 0.3 is 0 Å². The maximum atomic E-state index is 9.15. The van der Waals surface area contributed by atoms with Crippen LogP contribution < -0.4 is 0 Å². The smallest absolute Gasteiger partial charge is 0.101 e. The Bertz CT molecular complexity index is 915.